The Morgan fingerprint density at radius 1 is 1.17 bits per heavy atom. The minimum atomic E-state index is -4.42. The smallest absolute Gasteiger partial charge is 0.376 e. The van der Waals surface area contributed by atoms with Gasteiger partial charge in [0.2, 0.25) is 5.91 Å². The van der Waals surface area contributed by atoms with Gasteiger partial charge in [0.25, 0.3) is 0 Å². The molecule has 100 valence electrons. The number of carbonyl (C=O) groups excluding carboxylic acids is 1. The van der Waals surface area contributed by atoms with Gasteiger partial charge < -0.3 is 10.6 Å². The lowest BCUT2D eigenvalue weighted by atomic mass is 10.3. The van der Waals surface area contributed by atoms with Crippen molar-refractivity contribution >= 4 is 34.8 Å². The maximum Gasteiger partial charge on any atom is 0.405 e. The van der Waals surface area contributed by atoms with Crippen LogP contribution in [0.2, 0.25) is 10.0 Å². The minimum Gasteiger partial charge on any atom is -0.376 e. The maximum absolute atomic E-state index is 11.8. The molecule has 8 heteroatoms. The van der Waals surface area contributed by atoms with E-state index in [1.807, 2.05) is 0 Å². The van der Waals surface area contributed by atoms with Gasteiger partial charge >= 0.3 is 6.18 Å². The van der Waals surface area contributed by atoms with Crippen molar-refractivity contribution in [2.45, 2.75) is 6.18 Å². The Bertz CT molecular complexity index is 417. The van der Waals surface area contributed by atoms with Gasteiger partial charge in [-0.25, -0.2) is 0 Å². The molecule has 1 rings (SSSR count). The summed E-state index contributed by atoms with van der Waals surface area (Å²) in [6.07, 6.45) is -4.42. The quantitative estimate of drug-likeness (QED) is 0.897. The lowest BCUT2D eigenvalue weighted by Gasteiger charge is -2.10. The Morgan fingerprint density at radius 3 is 2.22 bits per heavy atom. The van der Waals surface area contributed by atoms with Crippen LogP contribution in [0.4, 0.5) is 18.9 Å². The Kier molecular flexibility index (Phi) is 5.10. The Labute approximate surface area is 111 Å². The van der Waals surface area contributed by atoms with Gasteiger partial charge in [0.1, 0.15) is 6.54 Å². The molecular weight excluding hydrogens is 292 g/mol. The molecule has 0 unspecified atom stereocenters. The van der Waals surface area contributed by atoms with E-state index >= 15 is 0 Å². The van der Waals surface area contributed by atoms with Crippen molar-refractivity contribution in [2.24, 2.45) is 0 Å². The molecular formula is C10H9Cl2F3N2O. The SMILES string of the molecule is O=C(CNc1cc(Cl)cc(Cl)c1)NCC(F)(F)F. The van der Waals surface area contributed by atoms with Crippen LogP contribution in [0.25, 0.3) is 0 Å². The minimum absolute atomic E-state index is 0.299. The number of amides is 1. The number of hydrogen-bond acceptors (Lipinski definition) is 2. The monoisotopic (exact) mass is 300 g/mol. The highest BCUT2D eigenvalue weighted by molar-refractivity contribution is 6.35. The molecule has 0 spiro atoms. The summed E-state index contributed by atoms with van der Waals surface area (Å²) in [6.45, 7) is -1.66. The van der Waals surface area contributed by atoms with Crippen LogP contribution in [0.15, 0.2) is 18.2 Å². The lowest BCUT2D eigenvalue weighted by Crippen LogP contribution is -2.37. The second kappa shape index (κ2) is 6.15. The third-order valence-corrected chi connectivity index (χ3v) is 2.24. The van der Waals surface area contributed by atoms with Crippen molar-refractivity contribution in [2.75, 3.05) is 18.4 Å². The van der Waals surface area contributed by atoms with E-state index in [1.54, 1.807) is 5.32 Å². The van der Waals surface area contributed by atoms with Crippen molar-refractivity contribution < 1.29 is 18.0 Å². The molecule has 0 bridgehead atoms. The van der Waals surface area contributed by atoms with Crippen LogP contribution in [-0.4, -0.2) is 25.2 Å². The summed E-state index contributed by atoms with van der Waals surface area (Å²) < 4.78 is 35.4. The fourth-order valence-corrected chi connectivity index (χ4v) is 1.63. The Morgan fingerprint density at radius 2 is 1.72 bits per heavy atom. The average Bonchev–Trinajstić information content (AvgIpc) is 2.21. The molecule has 0 radical (unpaired) electrons. The molecule has 1 aromatic rings. The highest BCUT2D eigenvalue weighted by Gasteiger charge is 2.27. The molecule has 0 aliphatic heterocycles. The largest absolute Gasteiger partial charge is 0.405 e. The number of hydrogen-bond donors (Lipinski definition) is 2. The van der Waals surface area contributed by atoms with E-state index in [0.717, 1.165) is 0 Å². The maximum atomic E-state index is 11.8. The number of benzene rings is 1. The van der Waals surface area contributed by atoms with Crippen molar-refractivity contribution in [3.8, 4) is 0 Å². The number of carbonyl (C=O) groups is 1. The summed E-state index contributed by atoms with van der Waals surface area (Å²) in [5.41, 5.74) is 0.453. The number of halogens is 5. The van der Waals surface area contributed by atoms with E-state index in [1.165, 1.54) is 18.2 Å². The molecule has 0 saturated carbocycles. The second-order valence-electron chi connectivity index (χ2n) is 3.40. The molecule has 0 aromatic heterocycles. The van der Waals surface area contributed by atoms with Crippen LogP contribution in [0.1, 0.15) is 0 Å². The molecule has 1 amide bonds. The summed E-state index contributed by atoms with van der Waals surface area (Å²) in [5.74, 6) is -0.775. The zero-order valence-corrected chi connectivity index (χ0v) is 10.5. The van der Waals surface area contributed by atoms with Gasteiger partial charge in [-0.15, -0.1) is 0 Å². The first kappa shape index (κ1) is 14.9. The fraction of sp³-hybridized carbons (Fsp3) is 0.300. The van der Waals surface area contributed by atoms with E-state index < -0.39 is 18.6 Å². The van der Waals surface area contributed by atoms with Crippen LogP contribution in [0, 0.1) is 0 Å². The first-order valence-electron chi connectivity index (χ1n) is 4.80. The normalized spacial score (nSPS) is 11.2. The molecule has 0 fully saturated rings. The van der Waals surface area contributed by atoms with E-state index in [2.05, 4.69) is 5.32 Å². The molecule has 0 atom stereocenters. The number of nitrogens with one attached hydrogen (secondary N) is 2. The van der Waals surface area contributed by atoms with Crippen LogP contribution in [0.3, 0.4) is 0 Å². The predicted molar refractivity (Wildman–Crippen MR) is 64.0 cm³/mol. The van der Waals surface area contributed by atoms with E-state index in [4.69, 9.17) is 23.2 Å². The number of anilines is 1. The first-order valence-corrected chi connectivity index (χ1v) is 5.55. The molecule has 2 N–H and O–H groups in total. The van der Waals surface area contributed by atoms with Crippen molar-refractivity contribution in [3.05, 3.63) is 28.2 Å². The van der Waals surface area contributed by atoms with Gasteiger partial charge in [0.05, 0.1) is 6.54 Å². The van der Waals surface area contributed by atoms with E-state index in [-0.39, 0.29) is 6.54 Å². The van der Waals surface area contributed by atoms with Crippen LogP contribution >= 0.6 is 23.2 Å². The molecule has 18 heavy (non-hydrogen) atoms. The average molecular weight is 301 g/mol. The first-order chi connectivity index (χ1) is 8.26. The molecule has 3 nitrogen and oxygen atoms in total. The zero-order chi connectivity index (χ0) is 13.8. The molecule has 1 aromatic carbocycles. The third kappa shape index (κ3) is 5.97. The predicted octanol–water partition coefficient (Wildman–Crippen LogP) is 3.08. The topological polar surface area (TPSA) is 41.1 Å². The van der Waals surface area contributed by atoms with Gasteiger partial charge in [0, 0.05) is 15.7 Å². The van der Waals surface area contributed by atoms with Crippen LogP contribution in [-0.2, 0) is 4.79 Å². The van der Waals surface area contributed by atoms with Gasteiger partial charge in [0.15, 0.2) is 0 Å². The standard InChI is InChI=1S/C10H9Cl2F3N2O/c11-6-1-7(12)3-8(2-6)16-4-9(18)17-5-10(13,14)15/h1-3,16H,4-5H2,(H,17,18). The highest BCUT2D eigenvalue weighted by atomic mass is 35.5. The van der Waals surface area contributed by atoms with Gasteiger partial charge in [-0.05, 0) is 18.2 Å². The molecule has 0 aliphatic carbocycles. The van der Waals surface area contributed by atoms with Crippen LogP contribution in [0.5, 0.6) is 0 Å². The molecule has 0 saturated heterocycles. The van der Waals surface area contributed by atoms with Crippen molar-refractivity contribution in [1.82, 2.24) is 5.32 Å². The van der Waals surface area contributed by atoms with Crippen LogP contribution < -0.4 is 10.6 Å². The van der Waals surface area contributed by atoms with E-state index in [9.17, 15) is 18.0 Å². The van der Waals surface area contributed by atoms with E-state index in [0.29, 0.717) is 15.7 Å². The fourth-order valence-electron chi connectivity index (χ4n) is 1.10. The summed E-state index contributed by atoms with van der Waals surface area (Å²) in [5, 5.41) is 5.07. The highest BCUT2D eigenvalue weighted by Crippen LogP contribution is 2.22. The summed E-state index contributed by atoms with van der Waals surface area (Å²) in [6, 6.07) is 4.51. The van der Waals surface area contributed by atoms with Gasteiger partial charge in [-0.3, -0.25) is 4.79 Å². The van der Waals surface area contributed by atoms with Crippen molar-refractivity contribution in [1.29, 1.82) is 0 Å². The lowest BCUT2D eigenvalue weighted by molar-refractivity contribution is -0.137. The van der Waals surface area contributed by atoms with Gasteiger partial charge in [-0.2, -0.15) is 13.2 Å². The summed E-state index contributed by atoms with van der Waals surface area (Å²) >= 11 is 11.4. The summed E-state index contributed by atoms with van der Waals surface area (Å²) in [4.78, 5) is 11.1. The third-order valence-electron chi connectivity index (χ3n) is 1.80. The molecule has 0 aliphatic rings. The Hall–Kier alpha value is -1.14. The van der Waals surface area contributed by atoms with Crippen molar-refractivity contribution in [3.63, 3.8) is 0 Å². The zero-order valence-electron chi connectivity index (χ0n) is 8.94. The Balaban J connectivity index is 2.43. The number of rotatable bonds is 4. The number of alkyl halides is 3. The van der Waals surface area contributed by atoms with Gasteiger partial charge in [-0.1, -0.05) is 23.2 Å². The molecule has 0 heterocycles. The summed E-state index contributed by atoms with van der Waals surface area (Å²) in [7, 11) is 0. The second-order valence-corrected chi connectivity index (χ2v) is 4.28.